The third kappa shape index (κ3) is 5.00. The summed E-state index contributed by atoms with van der Waals surface area (Å²) in [6.07, 6.45) is 0. The van der Waals surface area contributed by atoms with Crippen LogP contribution < -0.4 is 30.3 Å². The molecule has 1 aliphatic rings. The number of rotatable bonds is 7. The first-order valence-corrected chi connectivity index (χ1v) is 10.5. The van der Waals surface area contributed by atoms with Gasteiger partial charge in [0.2, 0.25) is 6.79 Å². The minimum Gasteiger partial charge on any atom is -0.454 e. The Balaban J connectivity index is 1.37. The summed E-state index contributed by atoms with van der Waals surface area (Å²) in [7, 11) is 0. The Hall–Kier alpha value is -4.01. The van der Waals surface area contributed by atoms with Gasteiger partial charge < -0.3 is 30.3 Å². The van der Waals surface area contributed by atoms with Crippen LogP contribution in [0.3, 0.4) is 0 Å². The van der Waals surface area contributed by atoms with Gasteiger partial charge >= 0.3 is 6.03 Å². The molecule has 9 heteroatoms. The van der Waals surface area contributed by atoms with Gasteiger partial charge in [0.05, 0.1) is 0 Å². The number of nitrogens with one attached hydrogen (secondary N) is 3. The predicted molar refractivity (Wildman–Crippen MR) is 125 cm³/mol. The van der Waals surface area contributed by atoms with E-state index in [0.717, 1.165) is 30.4 Å². The van der Waals surface area contributed by atoms with Gasteiger partial charge in [0.25, 0.3) is 0 Å². The van der Waals surface area contributed by atoms with Crippen LogP contribution in [0.2, 0.25) is 0 Å². The molecule has 0 aliphatic carbocycles. The first-order valence-electron chi connectivity index (χ1n) is 10.5. The summed E-state index contributed by atoms with van der Waals surface area (Å²) in [5.74, 6) is 3.60. The molecule has 1 aromatic heterocycles. The van der Waals surface area contributed by atoms with E-state index in [9.17, 15) is 4.79 Å². The fraction of sp³-hybridized carbons (Fsp3) is 0.261. The summed E-state index contributed by atoms with van der Waals surface area (Å²) in [6, 6.07) is 14.2. The molecule has 166 valence electrons. The third-order valence-electron chi connectivity index (χ3n) is 4.96. The number of hydrogen-bond donors (Lipinski definition) is 3. The quantitative estimate of drug-likeness (QED) is 0.493. The third-order valence-corrected chi connectivity index (χ3v) is 4.96. The summed E-state index contributed by atoms with van der Waals surface area (Å²) >= 11 is 0. The van der Waals surface area contributed by atoms with E-state index in [-0.39, 0.29) is 12.8 Å². The number of ether oxygens (including phenoxy) is 2. The zero-order valence-electron chi connectivity index (χ0n) is 18.3. The van der Waals surface area contributed by atoms with Gasteiger partial charge in [-0.3, -0.25) is 0 Å². The highest BCUT2D eigenvalue weighted by Crippen LogP contribution is 2.34. The molecular formula is C23H26N6O3. The molecular weight excluding hydrogens is 408 g/mol. The van der Waals surface area contributed by atoms with Gasteiger partial charge in [-0.15, -0.1) is 0 Å². The zero-order chi connectivity index (χ0) is 22.5. The maximum absolute atomic E-state index is 12.3. The standard InChI is InChI=1S/C23H26N6O3/c1-4-29(5-2)22-13-21(24-15(3)25-22)26-16-6-8-17(9-7-16)27-23(30)28-18-10-11-19-20(12-18)32-14-31-19/h6-13H,4-5,14H2,1-3H3,(H,24,25,26)(H2,27,28,30). The van der Waals surface area contributed by atoms with Crippen LogP contribution in [0.25, 0.3) is 0 Å². The molecule has 0 fully saturated rings. The largest absolute Gasteiger partial charge is 0.454 e. The van der Waals surface area contributed by atoms with Gasteiger partial charge in [-0.1, -0.05) is 0 Å². The number of anilines is 5. The van der Waals surface area contributed by atoms with E-state index < -0.39 is 0 Å². The van der Waals surface area contributed by atoms with Gasteiger partial charge in [0.1, 0.15) is 17.5 Å². The van der Waals surface area contributed by atoms with Crippen LogP contribution in [0, 0.1) is 6.92 Å². The van der Waals surface area contributed by atoms with Crippen LogP contribution in [0.5, 0.6) is 11.5 Å². The first kappa shape index (κ1) is 21.2. The van der Waals surface area contributed by atoms with Crippen LogP contribution in [-0.4, -0.2) is 35.9 Å². The second-order valence-corrected chi connectivity index (χ2v) is 7.18. The second-order valence-electron chi connectivity index (χ2n) is 7.18. The molecule has 32 heavy (non-hydrogen) atoms. The van der Waals surface area contributed by atoms with Crippen molar-refractivity contribution in [3.05, 3.63) is 54.4 Å². The molecule has 0 atom stereocenters. The summed E-state index contributed by atoms with van der Waals surface area (Å²) in [4.78, 5) is 23.5. The predicted octanol–water partition coefficient (Wildman–Crippen LogP) is 4.75. The number of benzene rings is 2. The van der Waals surface area contributed by atoms with Gasteiger partial charge in [0.15, 0.2) is 11.5 Å². The lowest BCUT2D eigenvalue weighted by Crippen LogP contribution is -2.23. The summed E-state index contributed by atoms with van der Waals surface area (Å²) in [5, 5.41) is 8.90. The number of nitrogens with zero attached hydrogens (tertiary/aromatic N) is 3. The van der Waals surface area contributed by atoms with Gasteiger partial charge in [-0.05, 0) is 57.2 Å². The molecule has 0 saturated carbocycles. The van der Waals surface area contributed by atoms with E-state index in [4.69, 9.17) is 9.47 Å². The molecule has 2 heterocycles. The molecule has 0 spiro atoms. The van der Waals surface area contributed by atoms with Crippen molar-refractivity contribution in [2.24, 2.45) is 0 Å². The van der Waals surface area contributed by atoms with Crippen LogP contribution in [0.1, 0.15) is 19.7 Å². The Labute approximate surface area is 186 Å². The SMILES string of the molecule is CCN(CC)c1cc(Nc2ccc(NC(=O)Nc3ccc4c(c3)OCO4)cc2)nc(C)n1. The van der Waals surface area contributed by atoms with Crippen molar-refractivity contribution in [2.45, 2.75) is 20.8 Å². The van der Waals surface area contributed by atoms with Crippen molar-refractivity contribution in [1.82, 2.24) is 9.97 Å². The molecule has 2 aromatic carbocycles. The minimum absolute atomic E-state index is 0.191. The molecule has 4 rings (SSSR count). The van der Waals surface area contributed by atoms with Gasteiger partial charge in [-0.25, -0.2) is 14.8 Å². The smallest absolute Gasteiger partial charge is 0.323 e. The second kappa shape index (κ2) is 9.42. The van der Waals surface area contributed by atoms with Gasteiger partial charge in [0, 0.05) is 42.3 Å². The van der Waals surface area contributed by atoms with Crippen molar-refractivity contribution >= 4 is 34.7 Å². The molecule has 9 nitrogen and oxygen atoms in total. The average Bonchev–Trinajstić information content (AvgIpc) is 3.23. The topological polar surface area (TPSA) is 101 Å². The Kier molecular flexibility index (Phi) is 6.25. The Morgan fingerprint density at radius 2 is 1.56 bits per heavy atom. The fourth-order valence-electron chi connectivity index (χ4n) is 3.38. The van der Waals surface area contributed by atoms with E-state index in [2.05, 4.69) is 44.7 Å². The molecule has 0 bridgehead atoms. The van der Waals surface area contributed by atoms with Crippen LogP contribution in [0.4, 0.5) is 33.5 Å². The van der Waals surface area contributed by atoms with Crippen molar-refractivity contribution in [3.8, 4) is 11.5 Å². The highest BCUT2D eigenvalue weighted by atomic mass is 16.7. The minimum atomic E-state index is -0.347. The molecule has 0 radical (unpaired) electrons. The number of aryl methyl sites for hydroxylation is 1. The van der Waals surface area contributed by atoms with Crippen LogP contribution in [-0.2, 0) is 0 Å². The molecule has 1 aliphatic heterocycles. The average molecular weight is 435 g/mol. The van der Waals surface area contributed by atoms with E-state index in [1.807, 2.05) is 37.3 Å². The van der Waals surface area contributed by atoms with Crippen molar-refractivity contribution in [1.29, 1.82) is 0 Å². The van der Waals surface area contributed by atoms with Gasteiger partial charge in [-0.2, -0.15) is 0 Å². The summed E-state index contributed by atoms with van der Waals surface area (Å²) in [6.45, 7) is 8.02. The van der Waals surface area contributed by atoms with Crippen LogP contribution >= 0.6 is 0 Å². The lowest BCUT2D eigenvalue weighted by molar-refractivity contribution is 0.174. The number of hydrogen-bond acceptors (Lipinski definition) is 7. The van der Waals surface area contributed by atoms with Crippen LogP contribution in [0.15, 0.2) is 48.5 Å². The highest BCUT2D eigenvalue weighted by molar-refractivity contribution is 6.00. The monoisotopic (exact) mass is 434 g/mol. The van der Waals surface area contributed by atoms with E-state index in [0.29, 0.717) is 28.7 Å². The lowest BCUT2D eigenvalue weighted by Gasteiger charge is -2.20. The highest BCUT2D eigenvalue weighted by Gasteiger charge is 2.14. The van der Waals surface area contributed by atoms with Crippen molar-refractivity contribution < 1.29 is 14.3 Å². The fourth-order valence-corrected chi connectivity index (χ4v) is 3.38. The Morgan fingerprint density at radius 3 is 2.31 bits per heavy atom. The maximum atomic E-state index is 12.3. The number of aromatic nitrogens is 2. The number of carbonyl (C=O) groups is 1. The van der Waals surface area contributed by atoms with Crippen molar-refractivity contribution in [3.63, 3.8) is 0 Å². The van der Waals surface area contributed by atoms with E-state index in [1.165, 1.54) is 0 Å². The maximum Gasteiger partial charge on any atom is 0.323 e. The molecule has 2 amide bonds. The first-order chi connectivity index (χ1) is 15.5. The number of carbonyl (C=O) groups excluding carboxylic acids is 1. The molecule has 0 saturated heterocycles. The lowest BCUT2D eigenvalue weighted by atomic mass is 10.2. The number of amides is 2. The number of fused-ring (bicyclic) bond motifs is 1. The Morgan fingerprint density at radius 1 is 0.906 bits per heavy atom. The normalized spacial score (nSPS) is 11.7. The number of urea groups is 1. The van der Waals surface area contributed by atoms with Crippen molar-refractivity contribution in [2.75, 3.05) is 40.7 Å². The zero-order valence-corrected chi connectivity index (χ0v) is 18.3. The van der Waals surface area contributed by atoms with E-state index >= 15 is 0 Å². The Bertz CT molecular complexity index is 1100. The molecule has 3 aromatic rings. The molecule has 3 N–H and O–H groups in total. The molecule has 0 unspecified atom stereocenters. The summed E-state index contributed by atoms with van der Waals surface area (Å²) in [5.41, 5.74) is 2.14. The van der Waals surface area contributed by atoms with E-state index in [1.54, 1.807) is 18.2 Å². The summed E-state index contributed by atoms with van der Waals surface area (Å²) < 4.78 is 10.6.